The molecule has 19 heteroatoms. The molecule has 5 aliphatic rings. The van der Waals surface area contributed by atoms with E-state index in [4.69, 9.17) is 4.74 Å². The first-order chi connectivity index (χ1) is 30.7. The van der Waals surface area contributed by atoms with Crippen molar-refractivity contribution in [1.82, 2.24) is 29.4 Å². The molecule has 15 nitrogen and oxygen atoms in total. The molecule has 0 unspecified atom stereocenters. The molecule has 5 aromatic rings. The molecule has 7 heterocycles. The van der Waals surface area contributed by atoms with Gasteiger partial charge in [0, 0.05) is 104 Å². The number of imide groups is 1. The number of halogens is 3. The summed E-state index contributed by atoms with van der Waals surface area (Å²) in [5.41, 5.74) is 2.86. The topological polar surface area (TPSA) is 177 Å². The summed E-state index contributed by atoms with van der Waals surface area (Å²) in [5, 5.41) is 2.65. The number of aromatic amines is 1. The average Bonchev–Trinajstić information content (AvgIpc) is 3.97. The van der Waals surface area contributed by atoms with E-state index in [1.165, 1.54) is 11.1 Å². The van der Waals surface area contributed by atoms with Gasteiger partial charge in [-0.1, -0.05) is 12.1 Å². The average molecular weight is 897 g/mol. The van der Waals surface area contributed by atoms with Crippen LogP contribution in [0.25, 0.3) is 22.2 Å². The van der Waals surface area contributed by atoms with Crippen LogP contribution >= 0.6 is 0 Å². The van der Waals surface area contributed by atoms with Gasteiger partial charge in [0.15, 0.2) is 5.82 Å². The molecule has 0 saturated carbocycles. The summed E-state index contributed by atoms with van der Waals surface area (Å²) in [4.78, 5) is 64.2. The van der Waals surface area contributed by atoms with Crippen LogP contribution in [0, 0.1) is 17.0 Å². The number of nitrogens with zero attached hydrogens (tertiary/aromatic N) is 5. The quantitative estimate of drug-likeness (QED) is 0.0847. The van der Waals surface area contributed by atoms with Gasteiger partial charge in [0.1, 0.15) is 29.4 Å². The zero-order chi connectivity index (χ0) is 44.5. The maximum atomic E-state index is 15.7. The van der Waals surface area contributed by atoms with E-state index in [9.17, 15) is 32.0 Å². The Morgan fingerprint density at radius 2 is 1.77 bits per heavy atom. The third kappa shape index (κ3) is 7.64. The zero-order valence-electron chi connectivity index (χ0n) is 34.4. The van der Waals surface area contributed by atoms with Crippen molar-refractivity contribution in [3.05, 3.63) is 107 Å². The number of ether oxygens (including phenoxy) is 1. The number of amides is 3. The van der Waals surface area contributed by atoms with E-state index >= 15 is 8.78 Å². The second-order valence-electron chi connectivity index (χ2n) is 17.3. The number of aromatic nitrogens is 2. The number of fused-ring (bicyclic) bond motifs is 2. The fourth-order valence-electron chi connectivity index (χ4n) is 9.62. The molecule has 332 valence electrons. The van der Waals surface area contributed by atoms with Crippen molar-refractivity contribution in [3.63, 3.8) is 0 Å². The third-order valence-electron chi connectivity index (χ3n) is 12.9. The Bertz CT molecular complexity index is 2840. The number of anilines is 2. The highest BCUT2D eigenvalue weighted by atomic mass is 32.2. The maximum Gasteiger partial charge on any atom is 0.301 e. The van der Waals surface area contributed by atoms with Crippen molar-refractivity contribution < 1.29 is 45.5 Å². The SMILES string of the molecule is O=C1CC[C@@H](N2Cc3cc(OCCCN4CC5(C4)CN(c4ccc(-c6cnc7[nH]cc(C(=O)c8c(F)ccc(NS(=O)(=O)N9CC[C@@H](F)C9)c8F)c7c6)cc4)C5)ccc3C2=O)C(=O)N1. The fourth-order valence-corrected chi connectivity index (χ4v) is 10.9. The summed E-state index contributed by atoms with van der Waals surface area (Å²) in [6.45, 7) is 5.09. The minimum atomic E-state index is -4.36. The number of rotatable bonds is 13. The highest BCUT2D eigenvalue weighted by Gasteiger charge is 2.51. The lowest BCUT2D eigenvalue weighted by Crippen LogP contribution is -2.72. The van der Waals surface area contributed by atoms with Crippen molar-refractivity contribution in [2.75, 3.05) is 62.0 Å². The van der Waals surface area contributed by atoms with Crippen molar-refractivity contribution >= 4 is 56.1 Å². The van der Waals surface area contributed by atoms with Gasteiger partial charge in [0.25, 0.3) is 5.91 Å². The molecule has 0 bridgehead atoms. The Kier molecular flexibility index (Phi) is 10.4. The highest BCUT2D eigenvalue weighted by molar-refractivity contribution is 7.90. The number of nitrogens with one attached hydrogen (secondary N) is 3. The zero-order valence-corrected chi connectivity index (χ0v) is 35.2. The molecule has 3 N–H and O–H groups in total. The van der Waals surface area contributed by atoms with Crippen LogP contribution in [0.15, 0.2) is 73.1 Å². The van der Waals surface area contributed by atoms with Gasteiger partial charge in [-0.2, -0.15) is 12.7 Å². The number of likely N-dealkylation sites (tertiary alicyclic amines) is 1. The molecule has 0 aliphatic carbocycles. The van der Waals surface area contributed by atoms with Crippen LogP contribution in [-0.2, 0) is 26.3 Å². The summed E-state index contributed by atoms with van der Waals surface area (Å²) in [7, 11) is -4.36. The summed E-state index contributed by atoms with van der Waals surface area (Å²) < 4.78 is 79.0. The third-order valence-corrected chi connectivity index (χ3v) is 14.4. The van der Waals surface area contributed by atoms with Gasteiger partial charge in [-0.25, -0.2) is 18.2 Å². The number of hydrogen-bond donors (Lipinski definition) is 3. The van der Waals surface area contributed by atoms with Crippen LogP contribution in [-0.4, -0.2) is 121 Å². The molecule has 0 radical (unpaired) electrons. The fraction of sp³-hybridized carbons (Fsp3) is 0.356. The van der Waals surface area contributed by atoms with Crippen LogP contribution in [0.4, 0.5) is 24.5 Å². The second kappa shape index (κ2) is 16.0. The van der Waals surface area contributed by atoms with Crippen LogP contribution in [0.5, 0.6) is 5.75 Å². The Morgan fingerprint density at radius 1 is 0.969 bits per heavy atom. The monoisotopic (exact) mass is 896 g/mol. The summed E-state index contributed by atoms with van der Waals surface area (Å²) in [6.07, 6.45) is 2.97. The molecule has 3 aromatic carbocycles. The number of piperidine rings is 1. The van der Waals surface area contributed by atoms with Crippen molar-refractivity contribution in [2.45, 2.75) is 44.4 Å². The van der Waals surface area contributed by atoms with Gasteiger partial charge in [0.2, 0.25) is 17.6 Å². The van der Waals surface area contributed by atoms with Crippen LogP contribution in [0.3, 0.4) is 0 Å². The molecule has 4 fully saturated rings. The number of carbonyl (C=O) groups excluding carboxylic acids is 4. The second-order valence-corrected chi connectivity index (χ2v) is 19.0. The van der Waals surface area contributed by atoms with Gasteiger partial charge in [-0.05, 0) is 78.9 Å². The van der Waals surface area contributed by atoms with Crippen LogP contribution < -0.4 is 19.7 Å². The van der Waals surface area contributed by atoms with E-state index in [2.05, 4.69) is 25.1 Å². The van der Waals surface area contributed by atoms with Crippen molar-refractivity contribution in [2.24, 2.45) is 5.41 Å². The number of alkyl halides is 1. The molecular formula is C45H43F3N8O7S. The van der Waals surface area contributed by atoms with E-state index in [0.717, 1.165) is 72.4 Å². The Hall–Kier alpha value is -6.31. The van der Waals surface area contributed by atoms with Crippen molar-refractivity contribution in [1.29, 1.82) is 0 Å². The van der Waals surface area contributed by atoms with Gasteiger partial charge in [-0.3, -0.25) is 29.2 Å². The van der Waals surface area contributed by atoms with Gasteiger partial charge >= 0.3 is 10.2 Å². The number of hydrogen-bond acceptors (Lipinski definition) is 10. The van der Waals surface area contributed by atoms with E-state index < -0.39 is 57.0 Å². The molecule has 3 amide bonds. The maximum absolute atomic E-state index is 15.7. The van der Waals surface area contributed by atoms with E-state index in [0.29, 0.717) is 47.5 Å². The molecule has 2 aromatic heterocycles. The number of benzene rings is 3. The lowest BCUT2D eigenvalue weighted by atomic mass is 9.72. The summed E-state index contributed by atoms with van der Waals surface area (Å²) in [5.74, 6) is -3.85. The normalized spacial score (nSPS) is 21.0. The Morgan fingerprint density at radius 3 is 2.52 bits per heavy atom. The Balaban J connectivity index is 0.711. The molecular weight excluding hydrogens is 854 g/mol. The van der Waals surface area contributed by atoms with Gasteiger partial charge in [-0.15, -0.1) is 0 Å². The molecule has 5 aliphatic heterocycles. The first-order valence-electron chi connectivity index (χ1n) is 21.1. The molecule has 4 saturated heterocycles. The molecule has 1 spiro atoms. The van der Waals surface area contributed by atoms with Gasteiger partial charge in [0.05, 0.1) is 17.9 Å². The molecule has 10 rings (SSSR count). The molecule has 64 heavy (non-hydrogen) atoms. The lowest BCUT2D eigenvalue weighted by molar-refractivity contribution is -0.136. The van der Waals surface area contributed by atoms with E-state index in [1.54, 1.807) is 24.4 Å². The molecule has 2 atom stereocenters. The minimum Gasteiger partial charge on any atom is -0.494 e. The highest BCUT2D eigenvalue weighted by Crippen LogP contribution is 2.42. The standard InChI is InChI=1S/C45H43F3N8O7S/c46-29-12-14-55(21-29)64(61,62)52-36-9-8-35(47)39(40(36)48)41(58)34-19-50-42-33(34)17-27(18-49-42)26-2-4-30(5-3-26)54-24-45(25-54)22-53(23-45)13-1-15-63-31-6-7-32-28(16-31)20-56(44(32)60)37-10-11-38(57)51-43(37)59/h2-9,16-19,29,37,52H,1,10-15,20-25H2,(H,49,50)(H,51,57,59)/t29-,37-/m1/s1. The predicted molar refractivity (Wildman–Crippen MR) is 229 cm³/mol. The number of pyridine rings is 1. The van der Waals surface area contributed by atoms with E-state index in [-0.39, 0.29) is 48.7 Å². The smallest absolute Gasteiger partial charge is 0.301 e. The van der Waals surface area contributed by atoms with Gasteiger partial charge < -0.3 is 24.4 Å². The van der Waals surface area contributed by atoms with Crippen molar-refractivity contribution in [3.8, 4) is 16.9 Å². The first kappa shape index (κ1) is 41.7. The largest absolute Gasteiger partial charge is 0.494 e. The lowest BCUT2D eigenvalue weighted by Gasteiger charge is -2.61. The summed E-state index contributed by atoms with van der Waals surface area (Å²) in [6, 6.07) is 16.1. The predicted octanol–water partition coefficient (Wildman–Crippen LogP) is 4.79. The number of H-pyrrole nitrogens is 1. The Labute approximate surface area is 365 Å². The van der Waals surface area contributed by atoms with Crippen LogP contribution in [0.1, 0.15) is 57.5 Å². The van der Waals surface area contributed by atoms with E-state index in [1.807, 2.05) is 35.1 Å². The summed E-state index contributed by atoms with van der Waals surface area (Å²) >= 11 is 0. The number of carbonyl (C=O) groups is 4. The number of ketones is 1. The minimum absolute atomic E-state index is 0.00163. The first-order valence-corrected chi connectivity index (χ1v) is 22.6. The van der Waals surface area contributed by atoms with Crippen LogP contribution in [0.2, 0.25) is 0 Å².